The van der Waals surface area contributed by atoms with E-state index in [0.717, 1.165) is 17.8 Å². The number of rotatable bonds is 3. The van der Waals surface area contributed by atoms with E-state index >= 15 is 0 Å². The van der Waals surface area contributed by atoms with Gasteiger partial charge < -0.3 is 5.73 Å². The largest absolute Gasteiger partial charge is 0.381 e. The van der Waals surface area contributed by atoms with Gasteiger partial charge in [-0.2, -0.15) is 15.0 Å². The first kappa shape index (κ1) is 9.70. The fourth-order valence-corrected chi connectivity index (χ4v) is 1.42. The highest BCUT2D eigenvalue weighted by Crippen LogP contribution is 2.07. The van der Waals surface area contributed by atoms with Gasteiger partial charge in [0.2, 0.25) is 0 Å². The monoisotopic (exact) mass is 206 g/mol. The quantitative estimate of drug-likeness (QED) is 0.790. The minimum absolute atomic E-state index is 0.440. The molecule has 0 aliphatic carbocycles. The highest BCUT2D eigenvalue weighted by Gasteiger charge is 2.06. The Labute approximate surface area is 87.7 Å². The van der Waals surface area contributed by atoms with Crippen molar-refractivity contribution < 1.29 is 0 Å². The van der Waals surface area contributed by atoms with Gasteiger partial charge in [-0.1, -0.05) is 0 Å². The Morgan fingerprint density at radius 1 is 1.40 bits per heavy atom. The molecule has 0 saturated carbocycles. The van der Waals surface area contributed by atoms with Crippen LogP contribution in [-0.4, -0.2) is 24.8 Å². The van der Waals surface area contributed by atoms with Gasteiger partial charge in [0.15, 0.2) is 5.82 Å². The highest BCUT2D eigenvalue weighted by molar-refractivity contribution is 5.20. The summed E-state index contributed by atoms with van der Waals surface area (Å²) < 4.78 is 1.90. The molecule has 80 valence electrons. The summed E-state index contributed by atoms with van der Waals surface area (Å²) in [6, 6.07) is 0. The van der Waals surface area contributed by atoms with Crippen molar-refractivity contribution in [3.8, 4) is 0 Å². The lowest BCUT2D eigenvalue weighted by Gasteiger charge is -1.96. The number of nitrogens with two attached hydrogens (primary N) is 1. The number of anilines is 1. The molecule has 15 heavy (non-hydrogen) atoms. The Morgan fingerprint density at radius 3 is 2.73 bits per heavy atom. The van der Waals surface area contributed by atoms with Gasteiger partial charge in [0, 0.05) is 18.3 Å². The second-order valence-electron chi connectivity index (χ2n) is 3.40. The summed E-state index contributed by atoms with van der Waals surface area (Å²) in [4.78, 5) is 1.57. The molecule has 0 saturated heterocycles. The summed E-state index contributed by atoms with van der Waals surface area (Å²) in [6.45, 7) is 5.52. The first-order valence-corrected chi connectivity index (χ1v) is 4.87. The minimum atomic E-state index is 0.440. The summed E-state index contributed by atoms with van der Waals surface area (Å²) in [5.41, 5.74) is 7.61. The summed E-state index contributed by atoms with van der Waals surface area (Å²) in [7, 11) is 0. The van der Waals surface area contributed by atoms with Gasteiger partial charge >= 0.3 is 0 Å². The van der Waals surface area contributed by atoms with Crippen LogP contribution in [0.1, 0.15) is 18.2 Å². The van der Waals surface area contributed by atoms with E-state index in [4.69, 9.17) is 5.73 Å². The van der Waals surface area contributed by atoms with Crippen molar-refractivity contribution >= 4 is 5.82 Å². The average molecular weight is 206 g/mol. The third-order valence-electron chi connectivity index (χ3n) is 2.24. The normalized spacial score (nSPS) is 10.8. The zero-order chi connectivity index (χ0) is 10.8. The molecule has 0 radical (unpaired) electrons. The van der Waals surface area contributed by atoms with E-state index in [2.05, 4.69) is 22.2 Å². The molecule has 0 atom stereocenters. The molecule has 0 bridgehead atoms. The number of aryl methyl sites for hydroxylation is 2. The topological polar surface area (TPSA) is 74.5 Å². The Morgan fingerprint density at radius 2 is 2.20 bits per heavy atom. The van der Waals surface area contributed by atoms with Crippen molar-refractivity contribution in [2.75, 3.05) is 5.73 Å². The van der Waals surface area contributed by atoms with Crippen LogP contribution in [0.5, 0.6) is 0 Å². The molecule has 0 amide bonds. The smallest absolute Gasteiger partial charge is 0.165 e. The summed E-state index contributed by atoms with van der Waals surface area (Å²) in [5, 5.41) is 12.4. The first-order chi connectivity index (χ1) is 7.19. The summed E-state index contributed by atoms with van der Waals surface area (Å²) in [6.07, 6.45) is 3.55. The molecule has 0 aliphatic heterocycles. The molecule has 2 rings (SSSR count). The van der Waals surface area contributed by atoms with E-state index in [0.29, 0.717) is 12.4 Å². The Hall–Kier alpha value is -1.85. The van der Waals surface area contributed by atoms with E-state index in [9.17, 15) is 0 Å². The number of hydrogen-bond donors (Lipinski definition) is 1. The van der Waals surface area contributed by atoms with Crippen LogP contribution >= 0.6 is 0 Å². The van der Waals surface area contributed by atoms with Gasteiger partial charge in [0.05, 0.1) is 18.4 Å². The molecular formula is C9H14N6. The number of nitrogens with zero attached hydrogens (tertiary/aromatic N) is 5. The van der Waals surface area contributed by atoms with Gasteiger partial charge in [-0.25, -0.2) is 0 Å². The summed E-state index contributed by atoms with van der Waals surface area (Å²) >= 11 is 0. The SMILES string of the molecule is CCn1cc(Cn2ncc(N)n2)c(C)n1. The van der Waals surface area contributed by atoms with E-state index in [1.807, 2.05) is 17.8 Å². The summed E-state index contributed by atoms with van der Waals surface area (Å²) in [5.74, 6) is 0.440. The number of nitrogen functional groups attached to an aromatic ring is 1. The predicted molar refractivity (Wildman–Crippen MR) is 56.2 cm³/mol. The molecule has 2 N–H and O–H groups in total. The van der Waals surface area contributed by atoms with Crippen molar-refractivity contribution in [2.24, 2.45) is 0 Å². The lowest BCUT2D eigenvalue weighted by Crippen LogP contribution is -2.04. The first-order valence-electron chi connectivity index (χ1n) is 4.87. The molecule has 2 aromatic rings. The van der Waals surface area contributed by atoms with Crippen LogP contribution in [0.2, 0.25) is 0 Å². The zero-order valence-electron chi connectivity index (χ0n) is 8.88. The van der Waals surface area contributed by atoms with Gasteiger partial charge in [0.25, 0.3) is 0 Å². The van der Waals surface area contributed by atoms with Crippen LogP contribution in [-0.2, 0) is 13.1 Å². The zero-order valence-corrected chi connectivity index (χ0v) is 8.88. The molecule has 2 heterocycles. The average Bonchev–Trinajstić information content (AvgIpc) is 2.75. The lowest BCUT2D eigenvalue weighted by atomic mass is 10.3. The van der Waals surface area contributed by atoms with Gasteiger partial charge in [0.1, 0.15) is 0 Å². The molecule has 0 aliphatic rings. The molecule has 0 unspecified atom stereocenters. The van der Waals surface area contributed by atoms with Gasteiger partial charge in [-0.05, 0) is 13.8 Å². The standard InChI is InChI=1S/C9H14N6/c1-3-14-5-8(7(2)12-14)6-15-11-4-9(10)13-15/h4-5H,3,6H2,1-2H3,(H2,10,13). The molecule has 6 heteroatoms. The van der Waals surface area contributed by atoms with Crippen LogP contribution in [0.4, 0.5) is 5.82 Å². The third-order valence-corrected chi connectivity index (χ3v) is 2.24. The van der Waals surface area contributed by atoms with E-state index in [1.54, 1.807) is 11.0 Å². The van der Waals surface area contributed by atoms with Crippen LogP contribution in [0, 0.1) is 6.92 Å². The molecular weight excluding hydrogens is 192 g/mol. The van der Waals surface area contributed by atoms with Gasteiger partial charge in [-0.15, -0.1) is 5.10 Å². The Balaban J connectivity index is 2.20. The van der Waals surface area contributed by atoms with Crippen molar-refractivity contribution in [1.82, 2.24) is 24.8 Å². The lowest BCUT2D eigenvalue weighted by molar-refractivity contribution is 0.590. The molecule has 0 fully saturated rings. The molecule has 0 aromatic carbocycles. The maximum atomic E-state index is 5.49. The fourth-order valence-electron chi connectivity index (χ4n) is 1.42. The van der Waals surface area contributed by atoms with E-state index in [1.165, 1.54) is 0 Å². The predicted octanol–water partition coefficient (Wildman–Crippen LogP) is 0.433. The van der Waals surface area contributed by atoms with Crippen LogP contribution in [0.3, 0.4) is 0 Å². The van der Waals surface area contributed by atoms with Crippen molar-refractivity contribution in [2.45, 2.75) is 26.9 Å². The second-order valence-corrected chi connectivity index (χ2v) is 3.40. The Kier molecular flexibility index (Phi) is 2.40. The second kappa shape index (κ2) is 3.72. The van der Waals surface area contributed by atoms with Crippen molar-refractivity contribution in [3.05, 3.63) is 23.7 Å². The fraction of sp³-hybridized carbons (Fsp3) is 0.444. The number of hydrogen-bond acceptors (Lipinski definition) is 4. The van der Waals surface area contributed by atoms with Crippen LogP contribution in [0.25, 0.3) is 0 Å². The van der Waals surface area contributed by atoms with Gasteiger partial charge in [-0.3, -0.25) is 4.68 Å². The van der Waals surface area contributed by atoms with Crippen LogP contribution in [0.15, 0.2) is 12.4 Å². The van der Waals surface area contributed by atoms with E-state index in [-0.39, 0.29) is 0 Å². The third kappa shape index (κ3) is 1.98. The minimum Gasteiger partial charge on any atom is -0.381 e. The van der Waals surface area contributed by atoms with E-state index < -0.39 is 0 Å². The maximum Gasteiger partial charge on any atom is 0.165 e. The maximum absolute atomic E-state index is 5.49. The van der Waals surface area contributed by atoms with Crippen LogP contribution < -0.4 is 5.73 Å². The highest BCUT2D eigenvalue weighted by atomic mass is 15.5. The van der Waals surface area contributed by atoms with Crippen molar-refractivity contribution in [1.29, 1.82) is 0 Å². The Bertz CT molecular complexity index is 455. The van der Waals surface area contributed by atoms with Crippen molar-refractivity contribution in [3.63, 3.8) is 0 Å². The molecule has 2 aromatic heterocycles. The molecule has 0 spiro atoms. The number of aromatic nitrogens is 5. The molecule has 6 nitrogen and oxygen atoms in total.